The van der Waals surface area contributed by atoms with Crippen molar-refractivity contribution in [1.29, 1.82) is 0 Å². The number of aromatic nitrogens is 1. The van der Waals surface area contributed by atoms with Crippen LogP contribution in [0.3, 0.4) is 0 Å². The van der Waals surface area contributed by atoms with Crippen LogP contribution in [0.1, 0.15) is 36.8 Å². The molecule has 0 aliphatic rings. The van der Waals surface area contributed by atoms with Gasteiger partial charge in [0.2, 0.25) is 0 Å². The molecule has 0 fully saturated rings. The van der Waals surface area contributed by atoms with Gasteiger partial charge in [-0.05, 0) is 32.4 Å². The lowest BCUT2D eigenvalue weighted by atomic mass is 10.2. The molecule has 0 radical (unpaired) electrons. The Hall–Kier alpha value is -1.58. The molecule has 1 N–H and O–H groups in total. The van der Waals surface area contributed by atoms with Crippen LogP contribution in [0, 0.1) is 0 Å². The predicted molar refractivity (Wildman–Crippen MR) is 64.1 cm³/mol. The third-order valence-electron chi connectivity index (χ3n) is 2.56. The van der Waals surface area contributed by atoms with Crippen LogP contribution in [0.2, 0.25) is 0 Å². The number of aromatic carboxylic acids is 1. The summed E-state index contributed by atoms with van der Waals surface area (Å²) in [6, 6.07) is 3.27. The van der Waals surface area contributed by atoms with Gasteiger partial charge in [0, 0.05) is 18.8 Å². The highest BCUT2D eigenvalue weighted by molar-refractivity contribution is 5.88. The Bertz CT molecular complexity index is 373. The highest BCUT2D eigenvalue weighted by atomic mass is 16.4. The summed E-state index contributed by atoms with van der Waals surface area (Å²) in [5, 5.41) is 9.01. The van der Waals surface area contributed by atoms with Crippen LogP contribution in [0.25, 0.3) is 0 Å². The van der Waals surface area contributed by atoms with E-state index in [1.165, 1.54) is 0 Å². The van der Waals surface area contributed by atoms with Gasteiger partial charge in [-0.25, -0.2) is 9.78 Å². The van der Waals surface area contributed by atoms with E-state index < -0.39 is 5.97 Å². The number of hydrogen-bond acceptors (Lipinski definition) is 3. The first-order chi connectivity index (χ1) is 7.62. The molecule has 0 amide bonds. The Morgan fingerprint density at radius 3 is 2.38 bits per heavy atom. The average molecular weight is 222 g/mol. The molecule has 88 valence electrons. The summed E-state index contributed by atoms with van der Waals surface area (Å²) in [4.78, 5) is 17.5. The van der Waals surface area contributed by atoms with Gasteiger partial charge in [-0.1, -0.05) is 6.92 Å². The van der Waals surface area contributed by atoms with E-state index in [2.05, 4.69) is 4.98 Å². The Labute approximate surface area is 95.9 Å². The second kappa shape index (κ2) is 5.49. The Balaban J connectivity index is 3.17. The molecule has 0 aliphatic carbocycles. The molecule has 1 rings (SSSR count). The van der Waals surface area contributed by atoms with Crippen LogP contribution in [0.15, 0.2) is 12.1 Å². The zero-order chi connectivity index (χ0) is 12.1. The van der Waals surface area contributed by atoms with Crippen molar-refractivity contribution >= 4 is 11.8 Å². The van der Waals surface area contributed by atoms with E-state index in [1.54, 1.807) is 12.1 Å². The maximum atomic E-state index is 11.0. The summed E-state index contributed by atoms with van der Waals surface area (Å²) >= 11 is 0. The van der Waals surface area contributed by atoms with Crippen LogP contribution in [-0.2, 0) is 6.42 Å². The third kappa shape index (κ3) is 2.72. The van der Waals surface area contributed by atoms with Crippen LogP contribution in [0.5, 0.6) is 0 Å². The maximum absolute atomic E-state index is 11.0. The molecule has 4 nitrogen and oxygen atoms in total. The van der Waals surface area contributed by atoms with Gasteiger partial charge >= 0.3 is 5.97 Å². The number of carboxylic acid groups (broad SMARTS) is 1. The molecule has 0 aliphatic heterocycles. The first kappa shape index (κ1) is 12.5. The van der Waals surface area contributed by atoms with E-state index in [1.807, 2.05) is 25.7 Å². The molecule has 1 aromatic heterocycles. The predicted octanol–water partition coefficient (Wildman–Crippen LogP) is 2.19. The molecule has 1 heterocycles. The summed E-state index contributed by atoms with van der Waals surface area (Å²) in [6.45, 7) is 7.69. The van der Waals surface area contributed by atoms with E-state index in [0.717, 1.165) is 31.0 Å². The first-order valence-corrected chi connectivity index (χ1v) is 5.61. The molecule has 0 unspecified atom stereocenters. The molecular formula is C12H18N2O2. The summed E-state index contributed by atoms with van der Waals surface area (Å²) in [6.07, 6.45) is 0.745. The van der Waals surface area contributed by atoms with Gasteiger partial charge in [-0.2, -0.15) is 0 Å². The zero-order valence-corrected chi connectivity index (χ0v) is 10.0. The highest BCUT2D eigenvalue weighted by Gasteiger charge is 2.10. The molecular weight excluding hydrogens is 204 g/mol. The number of nitrogens with zero attached hydrogens (tertiary/aromatic N) is 2. The number of anilines is 1. The molecule has 0 aromatic carbocycles. The number of aryl methyl sites for hydroxylation is 1. The highest BCUT2D eigenvalue weighted by Crippen LogP contribution is 2.15. The monoisotopic (exact) mass is 222 g/mol. The SMILES string of the molecule is CCc1cc(C(=O)O)cc(N(CC)CC)n1. The second-order valence-electron chi connectivity index (χ2n) is 3.54. The van der Waals surface area contributed by atoms with Crippen molar-refractivity contribution < 1.29 is 9.90 Å². The summed E-state index contributed by atoms with van der Waals surface area (Å²) < 4.78 is 0. The zero-order valence-electron chi connectivity index (χ0n) is 10.0. The lowest BCUT2D eigenvalue weighted by Crippen LogP contribution is -2.23. The fraction of sp³-hybridized carbons (Fsp3) is 0.500. The summed E-state index contributed by atoms with van der Waals surface area (Å²) in [5.41, 5.74) is 1.13. The number of carbonyl (C=O) groups is 1. The van der Waals surface area contributed by atoms with Crippen LogP contribution in [0.4, 0.5) is 5.82 Å². The van der Waals surface area contributed by atoms with Gasteiger partial charge in [0.1, 0.15) is 5.82 Å². The van der Waals surface area contributed by atoms with E-state index in [4.69, 9.17) is 5.11 Å². The van der Waals surface area contributed by atoms with Crippen molar-refractivity contribution in [3.63, 3.8) is 0 Å². The first-order valence-electron chi connectivity index (χ1n) is 5.61. The molecule has 0 atom stereocenters. The van der Waals surface area contributed by atoms with E-state index in [0.29, 0.717) is 5.56 Å². The minimum Gasteiger partial charge on any atom is -0.478 e. The number of rotatable bonds is 5. The average Bonchev–Trinajstić information content (AvgIpc) is 2.30. The molecule has 1 aromatic rings. The summed E-state index contributed by atoms with van der Waals surface area (Å²) in [7, 11) is 0. The molecule has 0 bridgehead atoms. The van der Waals surface area contributed by atoms with Crippen molar-refractivity contribution in [2.24, 2.45) is 0 Å². The molecule has 16 heavy (non-hydrogen) atoms. The van der Waals surface area contributed by atoms with Gasteiger partial charge in [0.05, 0.1) is 5.56 Å². The van der Waals surface area contributed by atoms with Crippen LogP contribution >= 0.6 is 0 Å². The Kier molecular flexibility index (Phi) is 4.28. The maximum Gasteiger partial charge on any atom is 0.335 e. The number of hydrogen-bond donors (Lipinski definition) is 1. The molecule has 4 heteroatoms. The van der Waals surface area contributed by atoms with Gasteiger partial charge in [-0.3, -0.25) is 0 Å². The topological polar surface area (TPSA) is 53.4 Å². The smallest absolute Gasteiger partial charge is 0.335 e. The normalized spacial score (nSPS) is 10.2. The number of carboxylic acids is 1. The third-order valence-corrected chi connectivity index (χ3v) is 2.56. The molecule has 0 saturated heterocycles. The van der Waals surface area contributed by atoms with Gasteiger partial charge in [0.15, 0.2) is 0 Å². The Morgan fingerprint density at radius 1 is 1.31 bits per heavy atom. The van der Waals surface area contributed by atoms with Crippen molar-refractivity contribution in [3.8, 4) is 0 Å². The standard InChI is InChI=1S/C12H18N2O2/c1-4-10-7-9(12(15)16)8-11(13-10)14(5-2)6-3/h7-8H,4-6H2,1-3H3,(H,15,16). The lowest BCUT2D eigenvalue weighted by Gasteiger charge is -2.20. The largest absolute Gasteiger partial charge is 0.478 e. The Morgan fingerprint density at radius 2 is 1.94 bits per heavy atom. The van der Waals surface area contributed by atoms with Crippen molar-refractivity contribution in [3.05, 3.63) is 23.4 Å². The molecule has 0 spiro atoms. The van der Waals surface area contributed by atoms with Gasteiger partial charge in [0.25, 0.3) is 0 Å². The minimum absolute atomic E-state index is 0.314. The quantitative estimate of drug-likeness (QED) is 0.829. The lowest BCUT2D eigenvalue weighted by molar-refractivity contribution is 0.0696. The van der Waals surface area contributed by atoms with Crippen molar-refractivity contribution in [2.45, 2.75) is 27.2 Å². The van der Waals surface area contributed by atoms with E-state index >= 15 is 0 Å². The fourth-order valence-corrected chi connectivity index (χ4v) is 1.59. The van der Waals surface area contributed by atoms with Crippen LogP contribution in [-0.4, -0.2) is 29.1 Å². The minimum atomic E-state index is -0.898. The van der Waals surface area contributed by atoms with Gasteiger partial charge in [-0.15, -0.1) is 0 Å². The van der Waals surface area contributed by atoms with Crippen LogP contribution < -0.4 is 4.90 Å². The van der Waals surface area contributed by atoms with E-state index in [9.17, 15) is 4.79 Å². The number of pyridine rings is 1. The van der Waals surface area contributed by atoms with Crippen molar-refractivity contribution in [1.82, 2.24) is 4.98 Å². The fourth-order valence-electron chi connectivity index (χ4n) is 1.59. The summed E-state index contributed by atoms with van der Waals surface area (Å²) in [5.74, 6) is -0.146. The second-order valence-corrected chi connectivity index (χ2v) is 3.54. The van der Waals surface area contributed by atoms with Gasteiger partial charge < -0.3 is 10.0 Å². The van der Waals surface area contributed by atoms with E-state index in [-0.39, 0.29) is 0 Å². The van der Waals surface area contributed by atoms with Crippen molar-refractivity contribution in [2.75, 3.05) is 18.0 Å². The molecule has 0 saturated carbocycles.